The molecule has 5 heteroatoms. The van der Waals surface area contributed by atoms with Crippen LogP contribution >= 0.6 is 0 Å². The molecule has 3 aromatic rings. The van der Waals surface area contributed by atoms with E-state index in [0.29, 0.717) is 6.54 Å². The van der Waals surface area contributed by atoms with E-state index in [9.17, 15) is 4.79 Å². The first-order chi connectivity index (χ1) is 9.25. The van der Waals surface area contributed by atoms with Crippen molar-refractivity contribution in [1.82, 2.24) is 14.5 Å². The van der Waals surface area contributed by atoms with E-state index in [1.807, 2.05) is 35.0 Å². The molecule has 0 atom stereocenters. The summed E-state index contributed by atoms with van der Waals surface area (Å²) in [5, 5.41) is 9.88. The summed E-state index contributed by atoms with van der Waals surface area (Å²) in [5.74, 6) is -0.807. The van der Waals surface area contributed by atoms with Crippen molar-refractivity contribution >= 4 is 16.9 Å². The molecule has 0 aliphatic carbocycles. The van der Waals surface area contributed by atoms with Gasteiger partial charge in [0.25, 0.3) is 0 Å². The van der Waals surface area contributed by atoms with Gasteiger partial charge in [0, 0.05) is 29.2 Å². The van der Waals surface area contributed by atoms with Crippen LogP contribution in [0.2, 0.25) is 0 Å². The summed E-state index contributed by atoms with van der Waals surface area (Å²) in [4.78, 5) is 18.0. The van der Waals surface area contributed by atoms with Gasteiger partial charge in [-0.25, -0.2) is 4.98 Å². The largest absolute Gasteiger partial charge is 0.481 e. The number of rotatable bonds is 4. The lowest BCUT2D eigenvalue weighted by Crippen LogP contribution is -2.04. The van der Waals surface area contributed by atoms with E-state index in [0.717, 1.165) is 22.2 Å². The fourth-order valence-electron chi connectivity index (χ4n) is 2.22. The number of aliphatic carboxylic acids is 1. The molecule has 0 radical (unpaired) electrons. The Morgan fingerprint density at radius 2 is 2.21 bits per heavy atom. The summed E-state index contributed by atoms with van der Waals surface area (Å²) in [6.45, 7) is 0.421. The Hall–Kier alpha value is -2.56. The maximum atomic E-state index is 10.7. The number of H-pyrrole nitrogens is 1. The Kier molecular flexibility index (Phi) is 2.79. The van der Waals surface area contributed by atoms with E-state index in [4.69, 9.17) is 5.11 Å². The van der Waals surface area contributed by atoms with Crippen LogP contribution in [0.1, 0.15) is 6.42 Å². The third kappa shape index (κ3) is 2.10. The number of fused-ring (bicyclic) bond motifs is 1. The zero-order valence-corrected chi connectivity index (χ0v) is 10.2. The Labute approximate surface area is 109 Å². The maximum absolute atomic E-state index is 10.7. The molecule has 19 heavy (non-hydrogen) atoms. The molecule has 2 aromatic heterocycles. The Morgan fingerprint density at radius 3 is 3.05 bits per heavy atom. The van der Waals surface area contributed by atoms with Gasteiger partial charge in [-0.05, 0) is 6.07 Å². The van der Waals surface area contributed by atoms with Crippen LogP contribution in [-0.2, 0) is 11.3 Å². The van der Waals surface area contributed by atoms with Gasteiger partial charge < -0.3 is 14.7 Å². The van der Waals surface area contributed by atoms with E-state index in [1.165, 1.54) is 0 Å². The molecule has 2 N–H and O–H groups in total. The minimum absolute atomic E-state index is 0.0890. The van der Waals surface area contributed by atoms with E-state index in [-0.39, 0.29) is 6.42 Å². The van der Waals surface area contributed by atoms with Crippen LogP contribution in [0, 0.1) is 0 Å². The second kappa shape index (κ2) is 4.61. The summed E-state index contributed by atoms with van der Waals surface area (Å²) < 4.78 is 1.86. The standard InChI is InChI=1S/C14H13N3O2/c18-14(19)5-6-17-9-15-8-13(17)11-7-16-12-4-2-1-3-10(11)12/h1-4,7-9,16H,5-6H2,(H,18,19). The molecule has 3 rings (SSSR count). The van der Waals surface area contributed by atoms with Crippen molar-refractivity contribution in [1.29, 1.82) is 0 Å². The molecule has 96 valence electrons. The van der Waals surface area contributed by atoms with Gasteiger partial charge in [0.15, 0.2) is 0 Å². The van der Waals surface area contributed by atoms with Crippen LogP contribution in [0.15, 0.2) is 43.0 Å². The van der Waals surface area contributed by atoms with Crippen LogP contribution < -0.4 is 0 Å². The zero-order valence-electron chi connectivity index (χ0n) is 10.2. The number of nitrogens with one attached hydrogen (secondary N) is 1. The topological polar surface area (TPSA) is 70.9 Å². The quantitative estimate of drug-likeness (QED) is 0.752. The number of hydrogen-bond donors (Lipinski definition) is 2. The number of aryl methyl sites for hydroxylation is 1. The number of aromatic nitrogens is 3. The van der Waals surface area contributed by atoms with Crippen LogP contribution in [0.25, 0.3) is 22.2 Å². The smallest absolute Gasteiger partial charge is 0.305 e. The number of carbonyl (C=O) groups is 1. The van der Waals surface area contributed by atoms with Crippen molar-refractivity contribution in [2.24, 2.45) is 0 Å². The highest BCUT2D eigenvalue weighted by molar-refractivity contribution is 5.94. The molecule has 0 saturated carbocycles. The van der Waals surface area contributed by atoms with Gasteiger partial charge >= 0.3 is 5.97 Å². The highest BCUT2D eigenvalue weighted by Crippen LogP contribution is 2.28. The normalized spacial score (nSPS) is 10.9. The maximum Gasteiger partial charge on any atom is 0.305 e. The summed E-state index contributed by atoms with van der Waals surface area (Å²) in [6, 6.07) is 8.01. The lowest BCUT2D eigenvalue weighted by Gasteiger charge is -2.05. The molecule has 5 nitrogen and oxygen atoms in total. The van der Waals surface area contributed by atoms with Gasteiger partial charge in [-0.15, -0.1) is 0 Å². The van der Waals surface area contributed by atoms with Gasteiger partial charge in [-0.1, -0.05) is 18.2 Å². The van der Waals surface area contributed by atoms with E-state index >= 15 is 0 Å². The summed E-state index contributed by atoms with van der Waals surface area (Å²) in [6.07, 6.45) is 5.45. The van der Waals surface area contributed by atoms with Crippen molar-refractivity contribution in [2.75, 3.05) is 0 Å². The van der Waals surface area contributed by atoms with Crippen LogP contribution in [0.3, 0.4) is 0 Å². The second-order valence-electron chi connectivity index (χ2n) is 4.36. The average Bonchev–Trinajstić information content (AvgIpc) is 3.02. The first-order valence-electron chi connectivity index (χ1n) is 6.04. The van der Waals surface area contributed by atoms with Gasteiger partial charge in [-0.2, -0.15) is 0 Å². The minimum atomic E-state index is -0.807. The minimum Gasteiger partial charge on any atom is -0.481 e. The van der Waals surface area contributed by atoms with Gasteiger partial charge in [0.2, 0.25) is 0 Å². The third-order valence-electron chi connectivity index (χ3n) is 3.14. The average molecular weight is 255 g/mol. The van der Waals surface area contributed by atoms with E-state index in [2.05, 4.69) is 9.97 Å². The highest BCUT2D eigenvalue weighted by Gasteiger charge is 2.10. The molecule has 1 aromatic carbocycles. The second-order valence-corrected chi connectivity index (χ2v) is 4.36. The number of imidazole rings is 1. The Morgan fingerprint density at radius 1 is 1.37 bits per heavy atom. The Bertz CT molecular complexity index is 727. The fraction of sp³-hybridized carbons (Fsp3) is 0.143. The number of benzene rings is 1. The van der Waals surface area contributed by atoms with E-state index < -0.39 is 5.97 Å². The van der Waals surface area contributed by atoms with Crippen LogP contribution in [0.5, 0.6) is 0 Å². The number of carboxylic acids is 1. The molecule has 0 spiro atoms. The molecule has 0 aliphatic heterocycles. The van der Waals surface area contributed by atoms with Gasteiger partial charge in [-0.3, -0.25) is 4.79 Å². The molecular weight excluding hydrogens is 242 g/mol. The molecule has 0 saturated heterocycles. The highest BCUT2D eigenvalue weighted by atomic mass is 16.4. The lowest BCUT2D eigenvalue weighted by atomic mass is 10.1. The monoisotopic (exact) mass is 255 g/mol. The SMILES string of the molecule is O=C(O)CCn1cncc1-c1c[nH]c2ccccc12. The Balaban J connectivity index is 2.02. The van der Waals surface area contributed by atoms with Crippen molar-refractivity contribution in [2.45, 2.75) is 13.0 Å². The van der Waals surface area contributed by atoms with Crippen molar-refractivity contribution in [3.05, 3.63) is 43.0 Å². The summed E-state index contributed by atoms with van der Waals surface area (Å²) >= 11 is 0. The zero-order chi connectivity index (χ0) is 13.2. The van der Waals surface area contributed by atoms with Gasteiger partial charge in [0.05, 0.1) is 24.6 Å². The molecule has 0 fully saturated rings. The first kappa shape index (κ1) is 11.5. The van der Waals surface area contributed by atoms with Crippen molar-refractivity contribution in [3.63, 3.8) is 0 Å². The number of nitrogens with zero attached hydrogens (tertiary/aromatic N) is 2. The number of hydrogen-bond acceptors (Lipinski definition) is 2. The van der Waals surface area contributed by atoms with E-state index in [1.54, 1.807) is 12.5 Å². The molecular formula is C14H13N3O2. The molecule has 0 bridgehead atoms. The van der Waals surface area contributed by atoms with Crippen LogP contribution in [-0.4, -0.2) is 25.6 Å². The molecule has 0 unspecified atom stereocenters. The van der Waals surface area contributed by atoms with Crippen molar-refractivity contribution in [3.8, 4) is 11.3 Å². The number of aromatic amines is 1. The number of carboxylic acid groups (broad SMARTS) is 1. The summed E-state index contributed by atoms with van der Waals surface area (Å²) in [5.41, 5.74) is 3.03. The predicted molar refractivity (Wildman–Crippen MR) is 71.8 cm³/mol. The fourth-order valence-corrected chi connectivity index (χ4v) is 2.22. The third-order valence-corrected chi connectivity index (χ3v) is 3.14. The molecule has 0 amide bonds. The van der Waals surface area contributed by atoms with Gasteiger partial charge in [0.1, 0.15) is 0 Å². The van der Waals surface area contributed by atoms with Crippen LogP contribution in [0.4, 0.5) is 0 Å². The molecule has 0 aliphatic rings. The van der Waals surface area contributed by atoms with Crippen molar-refractivity contribution < 1.29 is 9.90 Å². The predicted octanol–water partition coefficient (Wildman–Crippen LogP) is 2.51. The summed E-state index contributed by atoms with van der Waals surface area (Å²) in [7, 11) is 0. The number of para-hydroxylation sites is 1. The molecule has 2 heterocycles. The lowest BCUT2D eigenvalue weighted by molar-refractivity contribution is -0.137. The first-order valence-corrected chi connectivity index (χ1v) is 6.04.